The lowest BCUT2D eigenvalue weighted by Gasteiger charge is -2.10. The van der Waals surface area contributed by atoms with E-state index in [0.29, 0.717) is 11.3 Å². The normalized spacial score (nSPS) is 10.6. The van der Waals surface area contributed by atoms with E-state index >= 15 is 0 Å². The van der Waals surface area contributed by atoms with Crippen LogP contribution in [0.5, 0.6) is 5.75 Å². The summed E-state index contributed by atoms with van der Waals surface area (Å²) in [6, 6.07) is 7.22. The molecule has 19 heavy (non-hydrogen) atoms. The fourth-order valence-electron chi connectivity index (χ4n) is 1.79. The van der Waals surface area contributed by atoms with E-state index in [1.54, 1.807) is 0 Å². The number of ether oxygens (including phenoxy) is 1. The maximum absolute atomic E-state index is 13.4. The summed E-state index contributed by atoms with van der Waals surface area (Å²) in [7, 11) is 0. The number of halogens is 3. The lowest BCUT2D eigenvalue weighted by Crippen LogP contribution is -1.99. The minimum absolute atomic E-state index is 0.0760. The Bertz CT molecular complexity index is 588. The van der Waals surface area contributed by atoms with Gasteiger partial charge < -0.3 is 4.74 Å². The molecule has 0 aliphatic rings. The molecule has 2 aromatic carbocycles. The molecular formula is C15H13BrF2O. The zero-order valence-electron chi connectivity index (χ0n) is 10.6. The monoisotopic (exact) mass is 326 g/mol. The fraction of sp³-hybridized carbons (Fsp3) is 0.200. The largest absolute Gasteiger partial charge is 0.489 e. The second-order valence-corrected chi connectivity index (χ2v) is 5.19. The van der Waals surface area contributed by atoms with E-state index in [0.717, 1.165) is 21.7 Å². The van der Waals surface area contributed by atoms with Gasteiger partial charge >= 0.3 is 0 Å². The molecule has 0 saturated carbocycles. The number of aryl methyl sites for hydroxylation is 2. The van der Waals surface area contributed by atoms with Gasteiger partial charge in [0, 0.05) is 16.1 Å². The van der Waals surface area contributed by atoms with Crippen LogP contribution < -0.4 is 4.74 Å². The van der Waals surface area contributed by atoms with Crippen molar-refractivity contribution in [1.29, 1.82) is 0 Å². The van der Waals surface area contributed by atoms with Gasteiger partial charge in [-0.2, -0.15) is 0 Å². The van der Waals surface area contributed by atoms with Crippen molar-refractivity contribution in [2.45, 2.75) is 20.5 Å². The predicted octanol–water partition coefficient (Wildman–Crippen LogP) is 4.92. The molecule has 0 unspecified atom stereocenters. The first-order chi connectivity index (χ1) is 8.97. The van der Waals surface area contributed by atoms with Crippen LogP contribution in [0.2, 0.25) is 0 Å². The molecule has 0 spiro atoms. The van der Waals surface area contributed by atoms with E-state index in [1.165, 1.54) is 12.1 Å². The highest BCUT2D eigenvalue weighted by molar-refractivity contribution is 9.10. The minimum atomic E-state index is -0.592. The van der Waals surface area contributed by atoms with Crippen LogP contribution in [0.1, 0.15) is 16.7 Å². The second kappa shape index (κ2) is 5.70. The molecule has 100 valence electrons. The average Bonchev–Trinajstić information content (AvgIpc) is 2.34. The maximum atomic E-state index is 13.4. The molecule has 0 atom stereocenters. The van der Waals surface area contributed by atoms with E-state index < -0.39 is 11.6 Å². The average molecular weight is 327 g/mol. The Morgan fingerprint density at radius 2 is 1.68 bits per heavy atom. The topological polar surface area (TPSA) is 9.23 Å². The van der Waals surface area contributed by atoms with Gasteiger partial charge in [-0.05, 0) is 49.2 Å². The third kappa shape index (κ3) is 3.32. The standard InChI is InChI=1S/C15H13BrF2O/c1-9-5-13(6-10(2)15(9)16)19-8-11-3-4-12(17)7-14(11)18/h3-7H,8H2,1-2H3. The second-order valence-electron chi connectivity index (χ2n) is 4.40. The Kier molecular flexibility index (Phi) is 4.20. The third-order valence-electron chi connectivity index (χ3n) is 2.82. The van der Waals surface area contributed by atoms with E-state index in [-0.39, 0.29) is 6.61 Å². The van der Waals surface area contributed by atoms with Crippen LogP contribution in [0.25, 0.3) is 0 Å². The summed E-state index contributed by atoms with van der Waals surface area (Å²) < 4.78 is 32.8. The highest BCUT2D eigenvalue weighted by atomic mass is 79.9. The van der Waals surface area contributed by atoms with Crippen molar-refractivity contribution < 1.29 is 13.5 Å². The third-order valence-corrected chi connectivity index (χ3v) is 4.07. The molecular weight excluding hydrogens is 314 g/mol. The lowest BCUT2D eigenvalue weighted by molar-refractivity contribution is 0.299. The van der Waals surface area contributed by atoms with Gasteiger partial charge in [-0.3, -0.25) is 0 Å². The van der Waals surface area contributed by atoms with Gasteiger partial charge in [0.2, 0.25) is 0 Å². The van der Waals surface area contributed by atoms with Crippen molar-refractivity contribution in [3.63, 3.8) is 0 Å². The smallest absolute Gasteiger partial charge is 0.132 e. The van der Waals surface area contributed by atoms with Crippen molar-refractivity contribution in [3.05, 3.63) is 63.1 Å². The number of benzene rings is 2. The zero-order chi connectivity index (χ0) is 14.0. The summed E-state index contributed by atoms with van der Waals surface area (Å²) in [5, 5.41) is 0. The molecule has 0 N–H and O–H groups in total. The van der Waals surface area contributed by atoms with Crippen molar-refractivity contribution in [2.75, 3.05) is 0 Å². The van der Waals surface area contributed by atoms with Crippen LogP contribution >= 0.6 is 15.9 Å². The Morgan fingerprint density at radius 3 is 2.26 bits per heavy atom. The van der Waals surface area contributed by atoms with Crippen LogP contribution in [0.15, 0.2) is 34.8 Å². The molecule has 0 amide bonds. The zero-order valence-corrected chi connectivity index (χ0v) is 12.2. The van der Waals surface area contributed by atoms with Crippen LogP contribution in [0.3, 0.4) is 0 Å². The Morgan fingerprint density at radius 1 is 1.05 bits per heavy atom. The van der Waals surface area contributed by atoms with Gasteiger partial charge in [0.05, 0.1) is 0 Å². The molecule has 0 aromatic heterocycles. The molecule has 0 saturated heterocycles. The highest BCUT2D eigenvalue weighted by Gasteiger charge is 2.07. The van der Waals surface area contributed by atoms with Gasteiger partial charge in [-0.25, -0.2) is 8.78 Å². The molecule has 2 rings (SSSR count). The minimum Gasteiger partial charge on any atom is -0.489 e. The summed E-state index contributed by atoms with van der Waals surface area (Å²) in [5.74, 6) is -0.510. The van der Waals surface area contributed by atoms with Crippen LogP contribution in [0.4, 0.5) is 8.78 Å². The fourth-order valence-corrected chi connectivity index (χ4v) is 2.02. The number of hydrogen-bond acceptors (Lipinski definition) is 1. The van der Waals surface area contributed by atoms with Crippen molar-refractivity contribution in [1.82, 2.24) is 0 Å². The Labute approximate surface area is 119 Å². The molecule has 0 heterocycles. The number of hydrogen-bond donors (Lipinski definition) is 0. The van der Waals surface area contributed by atoms with Gasteiger partial charge in [0.1, 0.15) is 24.0 Å². The quantitative estimate of drug-likeness (QED) is 0.777. The molecule has 4 heteroatoms. The van der Waals surface area contributed by atoms with E-state index in [1.807, 2.05) is 26.0 Å². The number of rotatable bonds is 3. The van der Waals surface area contributed by atoms with Gasteiger partial charge in [0.25, 0.3) is 0 Å². The first-order valence-electron chi connectivity index (χ1n) is 5.81. The van der Waals surface area contributed by atoms with Crippen LogP contribution in [-0.4, -0.2) is 0 Å². The molecule has 0 fully saturated rings. The molecule has 0 aliphatic carbocycles. The molecule has 2 aromatic rings. The van der Waals surface area contributed by atoms with E-state index in [4.69, 9.17) is 4.74 Å². The highest BCUT2D eigenvalue weighted by Crippen LogP contribution is 2.27. The SMILES string of the molecule is Cc1cc(OCc2ccc(F)cc2F)cc(C)c1Br. The van der Waals surface area contributed by atoms with E-state index in [2.05, 4.69) is 15.9 Å². The first kappa shape index (κ1) is 14.0. The van der Waals surface area contributed by atoms with Crippen molar-refractivity contribution in [2.24, 2.45) is 0 Å². The Balaban J connectivity index is 2.14. The summed E-state index contributed by atoms with van der Waals surface area (Å²) in [6.45, 7) is 4.00. The predicted molar refractivity (Wildman–Crippen MR) is 74.3 cm³/mol. The summed E-state index contributed by atoms with van der Waals surface area (Å²) in [5.41, 5.74) is 2.43. The first-order valence-corrected chi connectivity index (χ1v) is 6.60. The van der Waals surface area contributed by atoms with Gasteiger partial charge in [0.15, 0.2) is 0 Å². The molecule has 0 aliphatic heterocycles. The van der Waals surface area contributed by atoms with Crippen LogP contribution in [0, 0.1) is 25.5 Å². The lowest BCUT2D eigenvalue weighted by atomic mass is 10.1. The summed E-state index contributed by atoms with van der Waals surface area (Å²) >= 11 is 3.47. The molecule has 0 radical (unpaired) electrons. The summed E-state index contributed by atoms with van der Waals surface area (Å²) in [4.78, 5) is 0. The Hall–Kier alpha value is -1.42. The summed E-state index contributed by atoms with van der Waals surface area (Å²) in [6.07, 6.45) is 0. The molecule has 0 bridgehead atoms. The van der Waals surface area contributed by atoms with Gasteiger partial charge in [-0.1, -0.05) is 15.9 Å². The van der Waals surface area contributed by atoms with Gasteiger partial charge in [-0.15, -0.1) is 0 Å². The van der Waals surface area contributed by atoms with E-state index in [9.17, 15) is 8.78 Å². The van der Waals surface area contributed by atoms with Crippen molar-refractivity contribution in [3.8, 4) is 5.75 Å². The van der Waals surface area contributed by atoms with Crippen LogP contribution in [-0.2, 0) is 6.61 Å². The van der Waals surface area contributed by atoms with Crippen molar-refractivity contribution >= 4 is 15.9 Å². The molecule has 1 nitrogen and oxygen atoms in total. The maximum Gasteiger partial charge on any atom is 0.132 e.